The zero-order valence-corrected chi connectivity index (χ0v) is 46.1. The Morgan fingerprint density at radius 1 is 0.811 bits per heavy atom. The summed E-state index contributed by atoms with van der Waals surface area (Å²) < 4.78 is 47.0. The largest absolute Gasteiger partial charge is 0.460 e. The number of carbonyl (C=O) groups is 5. The van der Waals surface area contributed by atoms with Gasteiger partial charge in [-0.1, -0.05) is 71.1 Å². The number of esters is 1. The number of allylic oxidation sites excluding steroid dienone is 6. The number of aliphatic hydroxyl groups is 3. The lowest BCUT2D eigenvalue weighted by Gasteiger charge is -2.43. The van der Waals surface area contributed by atoms with Crippen LogP contribution in [-0.2, 0) is 61.9 Å². The highest BCUT2D eigenvalue weighted by molar-refractivity contribution is 6.39. The molecule has 0 aromatic carbocycles. The van der Waals surface area contributed by atoms with Gasteiger partial charge in [0.25, 0.3) is 11.7 Å². The van der Waals surface area contributed by atoms with E-state index in [0.29, 0.717) is 76.8 Å². The van der Waals surface area contributed by atoms with Crippen molar-refractivity contribution in [3.63, 3.8) is 0 Å². The van der Waals surface area contributed by atoms with Crippen molar-refractivity contribution in [1.82, 2.24) is 4.90 Å². The SMILES string of the molecule is COCCOCCOC1C[C@@H]2CC[C@@H](C)[C@@](O)(O2)C(=O)C(=O)N2CCCC[C@H]2C(=O)O[C@H]([C@H](C)C[C@@H]2CC[C@@H](OCCO)[C@H](OC)C2)CC(=O)[C@H](C)/C=C(\C)[C@@H](O)[C@@H](OC)C(=O)[C@H](C)C[C@H](C)/C=C/C=CC=C1C. The maximum atomic E-state index is 14.6. The first-order valence-corrected chi connectivity index (χ1v) is 27.2. The number of aliphatic hydroxyl groups excluding tert-OH is 2. The van der Waals surface area contributed by atoms with E-state index in [4.69, 9.17) is 37.9 Å². The van der Waals surface area contributed by atoms with E-state index < -0.39 is 77.8 Å². The maximum Gasteiger partial charge on any atom is 0.329 e. The number of cyclic esters (lactones) is 1. The molecule has 1 unspecified atom stereocenters. The van der Waals surface area contributed by atoms with Gasteiger partial charge in [-0.3, -0.25) is 19.2 Å². The van der Waals surface area contributed by atoms with Crippen LogP contribution in [0.3, 0.4) is 0 Å². The zero-order valence-electron chi connectivity index (χ0n) is 46.1. The molecule has 420 valence electrons. The number of piperidine rings is 1. The Bertz CT molecular complexity index is 1920. The third kappa shape index (κ3) is 18.3. The third-order valence-electron chi connectivity index (χ3n) is 15.6. The fraction of sp³-hybridized carbons (Fsp3) is 0.772. The molecule has 2 bridgehead atoms. The highest BCUT2D eigenvalue weighted by Crippen LogP contribution is 2.38. The van der Waals surface area contributed by atoms with Crippen LogP contribution in [0.5, 0.6) is 0 Å². The number of ether oxygens (including phenoxy) is 8. The molecule has 74 heavy (non-hydrogen) atoms. The van der Waals surface area contributed by atoms with Crippen LogP contribution in [0, 0.1) is 35.5 Å². The molecule has 1 aliphatic carbocycles. The van der Waals surface area contributed by atoms with Crippen LogP contribution >= 0.6 is 0 Å². The van der Waals surface area contributed by atoms with Crippen LogP contribution in [-0.4, -0.2) is 172 Å². The van der Waals surface area contributed by atoms with Gasteiger partial charge in [0.15, 0.2) is 5.78 Å². The van der Waals surface area contributed by atoms with Crippen molar-refractivity contribution >= 4 is 29.2 Å². The number of hydrogen-bond donors (Lipinski definition) is 3. The van der Waals surface area contributed by atoms with Gasteiger partial charge >= 0.3 is 5.97 Å². The van der Waals surface area contributed by atoms with Crippen LogP contribution in [0.15, 0.2) is 47.6 Å². The molecule has 3 aliphatic heterocycles. The summed E-state index contributed by atoms with van der Waals surface area (Å²) in [4.78, 5) is 72.8. The molecule has 0 spiro atoms. The molecule has 15 atom stereocenters. The van der Waals surface area contributed by atoms with Gasteiger partial charge in [0, 0.05) is 58.5 Å². The molecule has 2 saturated heterocycles. The predicted molar refractivity (Wildman–Crippen MR) is 278 cm³/mol. The van der Waals surface area contributed by atoms with E-state index in [-0.39, 0.29) is 87.2 Å². The van der Waals surface area contributed by atoms with Crippen LogP contribution in [0.25, 0.3) is 0 Å². The smallest absolute Gasteiger partial charge is 0.329 e. The molecule has 3 heterocycles. The van der Waals surface area contributed by atoms with Crippen molar-refractivity contribution < 1.29 is 77.2 Å². The molecule has 17 nitrogen and oxygen atoms in total. The normalized spacial score (nSPS) is 35.8. The molecule has 0 aromatic rings. The number of methoxy groups -OCH3 is 3. The molecule has 3 N–H and O–H groups in total. The van der Waals surface area contributed by atoms with Crippen molar-refractivity contribution in [2.75, 3.05) is 67.5 Å². The van der Waals surface area contributed by atoms with E-state index in [2.05, 4.69) is 0 Å². The van der Waals surface area contributed by atoms with E-state index in [1.165, 1.54) is 12.0 Å². The first-order valence-electron chi connectivity index (χ1n) is 27.2. The second kappa shape index (κ2) is 31.7. The average molecular weight is 1050 g/mol. The van der Waals surface area contributed by atoms with E-state index in [1.807, 2.05) is 58.1 Å². The van der Waals surface area contributed by atoms with Crippen LogP contribution in [0.2, 0.25) is 0 Å². The van der Waals surface area contributed by atoms with Crippen LogP contribution in [0.4, 0.5) is 0 Å². The van der Waals surface area contributed by atoms with E-state index in [9.17, 15) is 39.3 Å². The molecule has 17 heteroatoms. The topological polar surface area (TPSA) is 223 Å². The lowest BCUT2D eigenvalue weighted by molar-refractivity contribution is -0.266. The van der Waals surface area contributed by atoms with Crippen LogP contribution in [0.1, 0.15) is 126 Å². The Morgan fingerprint density at radius 3 is 2.26 bits per heavy atom. The van der Waals surface area contributed by atoms with Gasteiger partial charge in [-0.2, -0.15) is 0 Å². The Balaban J connectivity index is 1.71. The minimum Gasteiger partial charge on any atom is -0.460 e. The molecular weight excluding hydrogens is 955 g/mol. The first-order chi connectivity index (χ1) is 35.3. The summed E-state index contributed by atoms with van der Waals surface area (Å²) >= 11 is 0. The van der Waals surface area contributed by atoms with Gasteiger partial charge in [-0.15, -0.1) is 0 Å². The number of nitrogens with zero attached hydrogens (tertiary/aromatic N) is 1. The summed E-state index contributed by atoms with van der Waals surface area (Å²) in [5, 5.41) is 33.1. The fourth-order valence-electron chi connectivity index (χ4n) is 10.9. The second-order valence-corrected chi connectivity index (χ2v) is 21.4. The number of Topliss-reactive ketones (excluding diaryl/α,β-unsaturated/α-hetero) is 3. The van der Waals surface area contributed by atoms with Gasteiger partial charge in [-0.05, 0) is 107 Å². The first kappa shape index (κ1) is 63.0. The number of ketones is 3. The Labute approximate surface area is 440 Å². The summed E-state index contributed by atoms with van der Waals surface area (Å²) in [6, 6.07) is -1.17. The van der Waals surface area contributed by atoms with Gasteiger partial charge in [-0.25, -0.2) is 4.79 Å². The third-order valence-corrected chi connectivity index (χ3v) is 15.6. The van der Waals surface area contributed by atoms with Gasteiger partial charge in [0.2, 0.25) is 5.79 Å². The maximum absolute atomic E-state index is 14.6. The molecule has 4 aliphatic rings. The number of carbonyl (C=O) groups excluding carboxylic acids is 5. The van der Waals surface area contributed by atoms with Crippen molar-refractivity contribution in [3.8, 4) is 0 Å². The summed E-state index contributed by atoms with van der Waals surface area (Å²) in [5.74, 6) is -8.19. The number of amides is 1. The quantitative estimate of drug-likeness (QED) is 0.0716. The predicted octanol–water partition coefficient (Wildman–Crippen LogP) is 6.23. The zero-order chi connectivity index (χ0) is 54.5. The molecule has 1 saturated carbocycles. The minimum atomic E-state index is -2.48. The molecule has 3 fully saturated rings. The number of hydrogen-bond acceptors (Lipinski definition) is 16. The minimum absolute atomic E-state index is 0.00969. The van der Waals surface area contributed by atoms with E-state index in [1.54, 1.807) is 41.1 Å². The number of rotatable bonds is 15. The van der Waals surface area contributed by atoms with Crippen LogP contribution < -0.4 is 0 Å². The number of fused-ring (bicyclic) bond motifs is 3. The molecule has 0 aromatic heterocycles. The second-order valence-electron chi connectivity index (χ2n) is 21.4. The van der Waals surface area contributed by atoms with Crippen molar-refractivity contribution in [2.24, 2.45) is 35.5 Å². The molecular formula is C57H91NO16. The Morgan fingerprint density at radius 2 is 1.55 bits per heavy atom. The van der Waals surface area contributed by atoms with Gasteiger partial charge in [0.1, 0.15) is 30.1 Å². The molecule has 4 rings (SSSR count). The lowest BCUT2D eigenvalue weighted by Crippen LogP contribution is -2.61. The fourth-order valence-corrected chi connectivity index (χ4v) is 10.9. The van der Waals surface area contributed by atoms with Gasteiger partial charge in [0.05, 0.1) is 64.1 Å². The van der Waals surface area contributed by atoms with E-state index >= 15 is 0 Å². The highest BCUT2D eigenvalue weighted by atomic mass is 16.6. The Kier molecular flexibility index (Phi) is 27.0. The summed E-state index contributed by atoms with van der Waals surface area (Å²) in [5.41, 5.74) is 1.22. The summed E-state index contributed by atoms with van der Waals surface area (Å²) in [7, 11) is 4.60. The van der Waals surface area contributed by atoms with E-state index in [0.717, 1.165) is 12.0 Å². The standard InChI is InChI=1S/C57H91NO16/c1-36-16-12-11-13-17-37(2)48(72-29-28-70-27-26-67-8)34-44-21-19-42(7)57(66,74-44)54(63)55(64)58-23-15-14-18-45(58)56(65)73-49(39(4)32-43-20-22-47(71-25-24-59)50(33-43)68-9)35-46(60)38(3)31-41(6)52(62)53(69-10)51(61)40(5)30-36/h11-13,16-17,31,36,38-40,42-45,47-50,52-53,59,62,66H,14-15,18-30,32-35H2,1-10H3/b13-11?,16-12+,37-17?,41-31+/t36-,38-,39-,40-,42-,43+,44+,45+,47-,48?,49+,50-,52-,53+,57-/m1/s1. The molecule has 0 radical (unpaired) electrons. The summed E-state index contributed by atoms with van der Waals surface area (Å²) in [6.45, 7) is 14.2. The van der Waals surface area contributed by atoms with Crippen molar-refractivity contribution in [3.05, 3.63) is 47.6 Å². The van der Waals surface area contributed by atoms with Gasteiger partial charge < -0.3 is 58.1 Å². The average Bonchev–Trinajstić information content (AvgIpc) is 3.38. The molecule has 1 amide bonds. The summed E-state index contributed by atoms with van der Waals surface area (Å²) in [6.07, 6.45) is 11.5. The van der Waals surface area contributed by atoms with Crippen molar-refractivity contribution in [1.29, 1.82) is 0 Å². The Hall–Kier alpha value is -3.49. The monoisotopic (exact) mass is 1050 g/mol. The van der Waals surface area contributed by atoms with Crippen molar-refractivity contribution in [2.45, 2.75) is 180 Å². The highest BCUT2D eigenvalue weighted by Gasteiger charge is 2.53. The lowest BCUT2D eigenvalue weighted by atomic mass is 9.78.